The number of rotatable bonds is 4. The molecule has 1 N–H and O–H groups in total. The molecule has 2 atom stereocenters. The van der Waals surface area contributed by atoms with Gasteiger partial charge in [-0.05, 0) is 61.5 Å². The van der Waals surface area contributed by atoms with Gasteiger partial charge in [-0.2, -0.15) is 0 Å². The van der Waals surface area contributed by atoms with Gasteiger partial charge in [0.05, 0.1) is 29.7 Å². The number of thiocarbonyl (C=S) groups is 1. The molecule has 148 valence electrons. The van der Waals surface area contributed by atoms with E-state index in [9.17, 15) is 0 Å². The maximum absolute atomic E-state index is 5.87. The minimum absolute atomic E-state index is 0.0240. The standard InChI is InChI=1S/C23H25N5S/c29-23-26-21(19-11-4-5-14-25-19)22(28(23)17-8-2-1-3-9-17)20-12-7-15-27(20)18-10-6-13-24-16-18/h4-7,10-17,21-22H,1-3,8-9H2,(H,26,29). The maximum atomic E-state index is 5.87. The Hall–Kier alpha value is -2.73. The zero-order chi connectivity index (χ0) is 19.6. The zero-order valence-corrected chi connectivity index (χ0v) is 17.1. The maximum Gasteiger partial charge on any atom is 0.170 e. The van der Waals surface area contributed by atoms with Crippen molar-refractivity contribution in [2.24, 2.45) is 0 Å². The molecule has 0 radical (unpaired) electrons. The third-order valence-corrected chi connectivity index (χ3v) is 6.44. The van der Waals surface area contributed by atoms with E-state index in [0.29, 0.717) is 6.04 Å². The molecule has 3 aromatic heterocycles. The van der Waals surface area contributed by atoms with Crippen LogP contribution in [0.4, 0.5) is 0 Å². The molecule has 3 aromatic rings. The van der Waals surface area contributed by atoms with Crippen molar-refractivity contribution in [2.75, 3.05) is 0 Å². The van der Waals surface area contributed by atoms with Gasteiger partial charge < -0.3 is 14.8 Å². The number of aromatic nitrogens is 3. The molecule has 0 spiro atoms. The van der Waals surface area contributed by atoms with Gasteiger partial charge in [0.2, 0.25) is 0 Å². The second-order valence-corrected chi connectivity index (χ2v) is 8.23. The molecular weight excluding hydrogens is 378 g/mol. The summed E-state index contributed by atoms with van der Waals surface area (Å²) in [6.07, 6.45) is 14.0. The van der Waals surface area contributed by atoms with Crippen molar-refractivity contribution < 1.29 is 0 Å². The fraction of sp³-hybridized carbons (Fsp3) is 0.348. The van der Waals surface area contributed by atoms with Crippen LogP contribution in [0.2, 0.25) is 0 Å². The van der Waals surface area contributed by atoms with Gasteiger partial charge in [-0.3, -0.25) is 9.97 Å². The molecule has 4 heterocycles. The lowest BCUT2D eigenvalue weighted by Gasteiger charge is -2.37. The van der Waals surface area contributed by atoms with Gasteiger partial charge >= 0.3 is 0 Å². The van der Waals surface area contributed by atoms with Crippen LogP contribution in [-0.4, -0.2) is 30.6 Å². The van der Waals surface area contributed by atoms with E-state index in [1.807, 2.05) is 36.8 Å². The van der Waals surface area contributed by atoms with E-state index >= 15 is 0 Å². The minimum Gasteiger partial charge on any atom is -0.352 e. The second-order valence-electron chi connectivity index (χ2n) is 7.84. The molecule has 1 aliphatic carbocycles. The van der Waals surface area contributed by atoms with Crippen LogP contribution in [0.1, 0.15) is 55.6 Å². The lowest BCUT2D eigenvalue weighted by atomic mass is 9.92. The molecule has 5 nitrogen and oxygen atoms in total. The van der Waals surface area contributed by atoms with Crippen molar-refractivity contribution in [1.82, 2.24) is 24.8 Å². The lowest BCUT2D eigenvalue weighted by Crippen LogP contribution is -2.40. The van der Waals surface area contributed by atoms with Gasteiger partial charge in [-0.25, -0.2) is 0 Å². The normalized spacial score (nSPS) is 22.6. The molecule has 1 saturated carbocycles. The first kappa shape index (κ1) is 18.3. The van der Waals surface area contributed by atoms with Crippen molar-refractivity contribution in [2.45, 2.75) is 50.2 Å². The molecule has 2 unspecified atom stereocenters. The van der Waals surface area contributed by atoms with Crippen LogP contribution >= 0.6 is 12.2 Å². The van der Waals surface area contributed by atoms with Crippen LogP contribution in [0.5, 0.6) is 0 Å². The van der Waals surface area contributed by atoms with Gasteiger partial charge in [0.15, 0.2) is 5.11 Å². The molecule has 0 bridgehead atoms. The van der Waals surface area contributed by atoms with E-state index in [1.54, 1.807) is 0 Å². The third kappa shape index (κ3) is 3.42. The monoisotopic (exact) mass is 403 g/mol. The predicted molar refractivity (Wildman–Crippen MR) is 118 cm³/mol. The quantitative estimate of drug-likeness (QED) is 0.647. The molecule has 5 rings (SSSR count). The van der Waals surface area contributed by atoms with Crippen LogP contribution in [0.25, 0.3) is 5.69 Å². The summed E-state index contributed by atoms with van der Waals surface area (Å²) in [5, 5.41) is 4.44. The van der Waals surface area contributed by atoms with E-state index in [2.05, 4.69) is 55.2 Å². The average Bonchev–Trinajstić information content (AvgIpc) is 3.40. The van der Waals surface area contributed by atoms with Crippen molar-refractivity contribution >= 4 is 17.3 Å². The highest BCUT2D eigenvalue weighted by Gasteiger charge is 2.44. The Morgan fingerprint density at radius 3 is 2.62 bits per heavy atom. The van der Waals surface area contributed by atoms with Crippen molar-refractivity contribution in [3.63, 3.8) is 0 Å². The van der Waals surface area contributed by atoms with Gasteiger partial charge in [0, 0.05) is 30.3 Å². The van der Waals surface area contributed by atoms with Crippen LogP contribution in [-0.2, 0) is 0 Å². The van der Waals surface area contributed by atoms with Gasteiger partial charge in [0.25, 0.3) is 0 Å². The van der Waals surface area contributed by atoms with Crippen LogP contribution in [0.3, 0.4) is 0 Å². The topological polar surface area (TPSA) is 46.0 Å². The molecular formula is C23H25N5S. The van der Waals surface area contributed by atoms with E-state index in [-0.39, 0.29) is 12.1 Å². The summed E-state index contributed by atoms with van der Waals surface area (Å²) in [5.74, 6) is 0. The Labute approximate surface area is 176 Å². The molecule has 29 heavy (non-hydrogen) atoms. The summed E-state index contributed by atoms with van der Waals surface area (Å²) in [5.41, 5.74) is 3.30. The number of nitrogens with zero attached hydrogens (tertiary/aromatic N) is 4. The van der Waals surface area contributed by atoms with E-state index in [4.69, 9.17) is 12.2 Å². The molecule has 1 aliphatic heterocycles. The van der Waals surface area contributed by atoms with E-state index in [1.165, 1.54) is 37.8 Å². The molecule has 0 aromatic carbocycles. The summed E-state index contributed by atoms with van der Waals surface area (Å²) in [6, 6.07) is 15.1. The zero-order valence-electron chi connectivity index (χ0n) is 16.3. The van der Waals surface area contributed by atoms with Crippen LogP contribution in [0.15, 0.2) is 67.3 Å². The Morgan fingerprint density at radius 1 is 0.966 bits per heavy atom. The Morgan fingerprint density at radius 2 is 1.86 bits per heavy atom. The van der Waals surface area contributed by atoms with Crippen molar-refractivity contribution in [3.8, 4) is 5.69 Å². The van der Waals surface area contributed by atoms with Crippen molar-refractivity contribution in [1.29, 1.82) is 0 Å². The molecule has 1 saturated heterocycles. The molecule has 0 amide bonds. The SMILES string of the molecule is S=C1NC(c2ccccn2)C(c2cccn2-c2cccnc2)N1C1CCCCC1. The minimum atomic E-state index is 0.0240. The molecule has 6 heteroatoms. The van der Waals surface area contributed by atoms with Crippen LogP contribution in [0, 0.1) is 0 Å². The van der Waals surface area contributed by atoms with E-state index < -0.39 is 0 Å². The Kier molecular flexibility index (Phi) is 5.02. The highest BCUT2D eigenvalue weighted by atomic mass is 32.1. The van der Waals surface area contributed by atoms with Gasteiger partial charge in [-0.1, -0.05) is 25.3 Å². The fourth-order valence-electron chi connectivity index (χ4n) is 4.80. The smallest absolute Gasteiger partial charge is 0.170 e. The number of nitrogens with one attached hydrogen (secondary N) is 1. The lowest BCUT2D eigenvalue weighted by molar-refractivity contribution is 0.193. The third-order valence-electron chi connectivity index (χ3n) is 6.11. The first-order valence-electron chi connectivity index (χ1n) is 10.4. The number of hydrogen-bond acceptors (Lipinski definition) is 3. The summed E-state index contributed by atoms with van der Waals surface area (Å²) in [4.78, 5) is 11.4. The fourth-order valence-corrected chi connectivity index (χ4v) is 5.19. The number of pyridine rings is 2. The van der Waals surface area contributed by atoms with Gasteiger partial charge in [0.1, 0.15) is 0 Å². The summed E-state index contributed by atoms with van der Waals surface area (Å²) >= 11 is 5.87. The Bertz CT molecular complexity index is 965. The van der Waals surface area contributed by atoms with Crippen molar-refractivity contribution in [3.05, 3.63) is 78.6 Å². The first-order valence-corrected chi connectivity index (χ1v) is 10.8. The molecule has 2 fully saturated rings. The summed E-state index contributed by atoms with van der Waals surface area (Å²) in [7, 11) is 0. The summed E-state index contributed by atoms with van der Waals surface area (Å²) in [6.45, 7) is 0. The molecule has 2 aliphatic rings. The highest BCUT2D eigenvalue weighted by molar-refractivity contribution is 7.80. The average molecular weight is 404 g/mol. The second kappa shape index (κ2) is 7.95. The Balaban J connectivity index is 1.61. The first-order chi connectivity index (χ1) is 14.3. The van der Waals surface area contributed by atoms with Crippen LogP contribution < -0.4 is 5.32 Å². The van der Waals surface area contributed by atoms with Gasteiger partial charge in [-0.15, -0.1) is 0 Å². The summed E-state index contributed by atoms with van der Waals surface area (Å²) < 4.78 is 2.24. The van der Waals surface area contributed by atoms with E-state index in [0.717, 1.165) is 16.5 Å². The largest absolute Gasteiger partial charge is 0.352 e. The number of hydrogen-bond donors (Lipinski definition) is 1. The predicted octanol–water partition coefficient (Wildman–Crippen LogP) is 4.57. The highest BCUT2D eigenvalue weighted by Crippen LogP contribution is 2.42.